The van der Waals surface area contributed by atoms with Crippen LogP contribution < -0.4 is 10.6 Å². The van der Waals surface area contributed by atoms with E-state index in [-0.39, 0.29) is 6.04 Å². The van der Waals surface area contributed by atoms with Crippen LogP contribution in [0.25, 0.3) is 0 Å². The molecule has 2 heterocycles. The van der Waals surface area contributed by atoms with E-state index in [2.05, 4.69) is 49.6 Å². The molecule has 0 fully saturated rings. The third-order valence-electron chi connectivity index (χ3n) is 3.44. The molecule has 3 aromatic rings. The molecule has 132 valence electrons. The first-order valence-corrected chi connectivity index (χ1v) is 9.25. The summed E-state index contributed by atoms with van der Waals surface area (Å²) in [5.41, 5.74) is 1.99. The lowest BCUT2D eigenvalue weighted by atomic mass is 10.1. The van der Waals surface area contributed by atoms with E-state index in [1.807, 2.05) is 31.2 Å². The Hall–Kier alpha value is -2.58. The zero-order chi connectivity index (χ0) is 18.4. The van der Waals surface area contributed by atoms with Gasteiger partial charge < -0.3 is 10.6 Å². The molecule has 2 N–H and O–H groups in total. The second-order valence-electron chi connectivity index (χ2n) is 5.54. The molecule has 26 heavy (non-hydrogen) atoms. The van der Waals surface area contributed by atoms with E-state index in [4.69, 9.17) is 12.2 Å². The molecule has 0 bridgehead atoms. The highest BCUT2D eigenvalue weighted by Crippen LogP contribution is 2.23. The number of rotatable bonds is 5. The van der Waals surface area contributed by atoms with E-state index in [9.17, 15) is 0 Å². The summed E-state index contributed by atoms with van der Waals surface area (Å²) in [5, 5.41) is 8.16. The van der Waals surface area contributed by atoms with Gasteiger partial charge in [0.2, 0.25) is 5.95 Å². The summed E-state index contributed by atoms with van der Waals surface area (Å²) in [5.74, 6) is 0.446. The first-order chi connectivity index (χ1) is 12.6. The van der Waals surface area contributed by atoms with Crippen molar-refractivity contribution in [3.8, 4) is 0 Å². The molecule has 0 saturated carbocycles. The zero-order valence-corrected chi connectivity index (χ0v) is 16.0. The van der Waals surface area contributed by atoms with E-state index in [1.54, 1.807) is 18.5 Å². The maximum Gasteiger partial charge on any atom is 0.230 e. The number of hydrogen-bond donors (Lipinski definition) is 2. The molecule has 3 rings (SSSR count). The topological polar surface area (TPSA) is 75.6 Å². The lowest BCUT2D eigenvalue weighted by Crippen LogP contribution is -2.31. The molecule has 1 aromatic carbocycles. The fourth-order valence-electron chi connectivity index (χ4n) is 2.24. The molecule has 0 unspecified atom stereocenters. The van der Waals surface area contributed by atoms with Crippen LogP contribution >= 0.6 is 24.0 Å². The molecule has 8 heteroatoms. The molecule has 0 radical (unpaired) electrons. The van der Waals surface area contributed by atoms with Gasteiger partial charge in [0.15, 0.2) is 10.3 Å². The number of nitrogens with one attached hydrogen (secondary N) is 2. The second-order valence-corrected chi connectivity index (χ2v) is 6.93. The molecule has 2 aromatic heterocycles. The lowest BCUT2D eigenvalue weighted by Gasteiger charge is -2.17. The van der Waals surface area contributed by atoms with Gasteiger partial charge in [0.1, 0.15) is 5.03 Å². The molecule has 6 nitrogen and oxygen atoms in total. The number of anilines is 1. The van der Waals surface area contributed by atoms with Crippen LogP contribution in [-0.4, -0.2) is 25.0 Å². The molecule has 0 spiro atoms. The number of hydrogen-bond acceptors (Lipinski definition) is 6. The predicted molar refractivity (Wildman–Crippen MR) is 107 cm³/mol. The summed E-state index contributed by atoms with van der Waals surface area (Å²) in [6.45, 7) is 3.96. The standard InChI is InChI=1S/C18H18N6S2/c1-12-11-15(26-18-19-9-6-10-20-18)23-16(21-12)24-17(25)22-13(2)14-7-4-3-5-8-14/h3-11,13H,1-2H3,(H2,21,22,23,24,25)/t13-/m1/s1. The van der Waals surface area contributed by atoms with Crippen molar-refractivity contribution in [3.05, 3.63) is 66.1 Å². The average Bonchev–Trinajstić information content (AvgIpc) is 2.62. The first-order valence-electron chi connectivity index (χ1n) is 8.03. The maximum atomic E-state index is 5.39. The van der Waals surface area contributed by atoms with Gasteiger partial charge in [0.05, 0.1) is 6.04 Å². The van der Waals surface area contributed by atoms with Gasteiger partial charge in [0.25, 0.3) is 0 Å². The lowest BCUT2D eigenvalue weighted by molar-refractivity contribution is 0.722. The highest BCUT2D eigenvalue weighted by Gasteiger charge is 2.10. The smallest absolute Gasteiger partial charge is 0.230 e. The number of aryl methyl sites for hydroxylation is 1. The van der Waals surface area contributed by atoms with Gasteiger partial charge in [-0.05, 0) is 55.5 Å². The fourth-order valence-corrected chi connectivity index (χ4v) is 3.28. The van der Waals surface area contributed by atoms with Gasteiger partial charge in [0, 0.05) is 18.1 Å². The van der Waals surface area contributed by atoms with Crippen LogP contribution in [0.2, 0.25) is 0 Å². The SMILES string of the molecule is Cc1cc(Sc2ncccn2)nc(NC(=S)N[C@H](C)c2ccccc2)n1. The molecule has 0 aliphatic heterocycles. The minimum Gasteiger partial charge on any atom is -0.356 e. The molecule has 0 aliphatic rings. The first kappa shape index (κ1) is 18.2. The van der Waals surface area contributed by atoms with Crippen molar-refractivity contribution in [1.29, 1.82) is 0 Å². The van der Waals surface area contributed by atoms with Crippen LogP contribution in [0.1, 0.15) is 24.2 Å². The molecular formula is C18H18N6S2. The Morgan fingerprint density at radius 3 is 2.54 bits per heavy atom. The van der Waals surface area contributed by atoms with Crippen LogP contribution in [0.15, 0.2) is 65.0 Å². The van der Waals surface area contributed by atoms with Crippen molar-refractivity contribution in [2.75, 3.05) is 5.32 Å². The Kier molecular flexibility index (Phi) is 6.08. The van der Waals surface area contributed by atoms with E-state index in [0.29, 0.717) is 16.2 Å². The largest absolute Gasteiger partial charge is 0.356 e. The van der Waals surface area contributed by atoms with Gasteiger partial charge in [-0.3, -0.25) is 0 Å². The van der Waals surface area contributed by atoms with Crippen molar-refractivity contribution < 1.29 is 0 Å². The Morgan fingerprint density at radius 1 is 1.08 bits per heavy atom. The zero-order valence-electron chi connectivity index (χ0n) is 14.4. The van der Waals surface area contributed by atoms with Crippen LogP contribution in [0.4, 0.5) is 5.95 Å². The third kappa shape index (κ3) is 5.21. The quantitative estimate of drug-likeness (QED) is 0.392. The number of thiocarbonyl (C=S) groups is 1. The van der Waals surface area contributed by atoms with Crippen molar-refractivity contribution >= 4 is 35.0 Å². The van der Waals surface area contributed by atoms with Gasteiger partial charge >= 0.3 is 0 Å². The van der Waals surface area contributed by atoms with Crippen LogP contribution in [0.3, 0.4) is 0 Å². The Balaban J connectivity index is 1.66. The fraction of sp³-hybridized carbons (Fsp3) is 0.167. The molecule has 0 amide bonds. The van der Waals surface area contributed by atoms with Gasteiger partial charge in [-0.2, -0.15) is 0 Å². The Morgan fingerprint density at radius 2 is 1.81 bits per heavy atom. The summed E-state index contributed by atoms with van der Waals surface area (Å²) in [4.78, 5) is 17.3. The summed E-state index contributed by atoms with van der Waals surface area (Å²) >= 11 is 6.77. The summed E-state index contributed by atoms with van der Waals surface area (Å²) < 4.78 is 0. The van der Waals surface area contributed by atoms with E-state index < -0.39 is 0 Å². The van der Waals surface area contributed by atoms with E-state index >= 15 is 0 Å². The van der Waals surface area contributed by atoms with Crippen molar-refractivity contribution in [1.82, 2.24) is 25.3 Å². The molecule has 1 atom stereocenters. The highest BCUT2D eigenvalue weighted by molar-refractivity contribution is 7.99. The van der Waals surface area contributed by atoms with Crippen molar-refractivity contribution in [2.45, 2.75) is 30.1 Å². The Labute approximate surface area is 161 Å². The van der Waals surface area contributed by atoms with Gasteiger partial charge in [-0.1, -0.05) is 30.3 Å². The number of nitrogens with zero attached hydrogens (tertiary/aromatic N) is 4. The highest BCUT2D eigenvalue weighted by atomic mass is 32.2. The van der Waals surface area contributed by atoms with Gasteiger partial charge in [-0.15, -0.1) is 0 Å². The van der Waals surface area contributed by atoms with Crippen molar-refractivity contribution in [2.24, 2.45) is 0 Å². The number of aromatic nitrogens is 4. The predicted octanol–water partition coefficient (Wildman–Crippen LogP) is 3.77. The molecular weight excluding hydrogens is 364 g/mol. The summed E-state index contributed by atoms with van der Waals surface area (Å²) in [6.07, 6.45) is 3.40. The minimum atomic E-state index is 0.0765. The van der Waals surface area contributed by atoms with Crippen LogP contribution in [0.5, 0.6) is 0 Å². The Bertz CT molecular complexity index is 873. The van der Waals surface area contributed by atoms with E-state index in [0.717, 1.165) is 16.3 Å². The number of benzene rings is 1. The van der Waals surface area contributed by atoms with Crippen molar-refractivity contribution in [3.63, 3.8) is 0 Å². The monoisotopic (exact) mass is 382 g/mol. The van der Waals surface area contributed by atoms with E-state index in [1.165, 1.54) is 11.8 Å². The normalized spacial score (nSPS) is 11.6. The summed E-state index contributed by atoms with van der Waals surface area (Å²) in [7, 11) is 0. The average molecular weight is 383 g/mol. The summed E-state index contributed by atoms with van der Waals surface area (Å²) in [6, 6.07) is 13.8. The third-order valence-corrected chi connectivity index (χ3v) is 4.47. The molecule has 0 saturated heterocycles. The molecule has 0 aliphatic carbocycles. The van der Waals surface area contributed by atoms with Crippen LogP contribution in [-0.2, 0) is 0 Å². The minimum absolute atomic E-state index is 0.0765. The second kappa shape index (κ2) is 8.68. The van der Waals surface area contributed by atoms with Crippen LogP contribution in [0, 0.1) is 6.92 Å². The van der Waals surface area contributed by atoms with Gasteiger partial charge in [-0.25, -0.2) is 19.9 Å². The maximum absolute atomic E-state index is 5.39.